The zero-order valence-electron chi connectivity index (χ0n) is 7.84. The molecule has 0 spiro atoms. The van der Waals surface area contributed by atoms with Crippen LogP contribution in [-0.4, -0.2) is 10.7 Å². The summed E-state index contributed by atoms with van der Waals surface area (Å²) in [4.78, 5) is 0. The molecule has 0 aromatic heterocycles. The van der Waals surface area contributed by atoms with E-state index in [0.717, 1.165) is 31.3 Å². The molecule has 1 saturated carbocycles. The molecule has 0 saturated heterocycles. The van der Waals surface area contributed by atoms with Gasteiger partial charge in [0.15, 0.2) is 0 Å². The molecule has 1 aliphatic rings. The van der Waals surface area contributed by atoms with E-state index in [0.29, 0.717) is 5.92 Å². The zero-order valence-corrected chi connectivity index (χ0v) is 7.84. The minimum absolute atomic E-state index is 0.424. The first-order valence-electron chi connectivity index (χ1n) is 4.60. The van der Waals surface area contributed by atoms with Crippen LogP contribution in [0.5, 0.6) is 0 Å². The molecule has 0 aliphatic heterocycles. The van der Waals surface area contributed by atoms with Crippen LogP contribution in [0.3, 0.4) is 0 Å². The summed E-state index contributed by atoms with van der Waals surface area (Å²) in [6, 6.07) is 0. The molecule has 1 N–H and O–H groups in total. The summed E-state index contributed by atoms with van der Waals surface area (Å²) in [6.07, 6.45) is 5.99. The zero-order chi connectivity index (χ0) is 9.19. The van der Waals surface area contributed by atoms with Crippen molar-refractivity contribution in [3.8, 4) is 0 Å². The summed E-state index contributed by atoms with van der Waals surface area (Å²) in [5.41, 5.74) is 0.367. The van der Waals surface area contributed by atoms with Crippen molar-refractivity contribution >= 4 is 0 Å². The predicted octanol–water partition coefficient (Wildman–Crippen LogP) is 2.67. The molecular weight excluding hydrogens is 148 g/mol. The fourth-order valence-corrected chi connectivity index (χ4v) is 1.89. The monoisotopic (exact) mass is 166 g/mol. The first kappa shape index (κ1) is 9.53. The fraction of sp³-hybridized carbons (Fsp3) is 0.636. The lowest BCUT2D eigenvalue weighted by Gasteiger charge is -2.46. The van der Waals surface area contributed by atoms with Crippen LogP contribution in [-0.2, 0) is 0 Å². The lowest BCUT2D eigenvalue weighted by atomic mass is 9.64. The first-order valence-corrected chi connectivity index (χ1v) is 4.60. The van der Waals surface area contributed by atoms with E-state index in [2.05, 4.69) is 13.2 Å². The normalized spacial score (nSPS) is 34.0. The Morgan fingerprint density at radius 2 is 2.42 bits per heavy atom. The molecule has 0 radical (unpaired) electrons. The van der Waals surface area contributed by atoms with Crippen molar-refractivity contribution in [2.24, 2.45) is 5.92 Å². The second-order valence-corrected chi connectivity index (χ2v) is 3.81. The molecule has 0 aromatic carbocycles. The van der Waals surface area contributed by atoms with E-state index in [-0.39, 0.29) is 0 Å². The van der Waals surface area contributed by atoms with E-state index in [9.17, 15) is 5.11 Å². The maximum atomic E-state index is 10.0. The Kier molecular flexibility index (Phi) is 2.73. The van der Waals surface area contributed by atoms with Gasteiger partial charge in [-0.1, -0.05) is 12.7 Å². The van der Waals surface area contributed by atoms with E-state index in [1.54, 1.807) is 0 Å². The standard InChI is InChI=1S/C11H18O/c1-4-5-6-10-7-8-11(10,12)9(2)3/h4,10,12H,1-2,5-8H2,3H3. The summed E-state index contributed by atoms with van der Waals surface area (Å²) < 4.78 is 0. The third-order valence-electron chi connectivity index (χ3n) is 3.01. The van der Waals surface area contributed by atoms with Crippen LogP contribution in [0.25, 0.3) is 0 Å². The SMILES string of the molecule is C=CCCC1CCC1(O)C(=C)C. The van der Waals surface area contributed by atoms with Crippen LogP contribution >= 0.6 is 0 Å². The second-order valence-electron chi connectivity index (χ2n) is 3.81. The quantitative estimate of drug-likeness (QED) is 0.637. The molecule has 1 aliphatic carbocycles. The summed E-state index contributed by atoms with van der Waals surface area (Å²) >= 11 is 0. The van der Waals surface area contributed by atoms with Crippen LogP contribution in [0, 0.1) is 5.92 Å². The topological polar surface area (TPSA) is 20.2 Å². The van der Waals surface area contributed by atoms with E-state index in [4.69, 9.17) is 0 Å². The molecule has 0 amide bonds. The Labute approximate surface area is 74.8 Å². The minimum Gasteiger partial charge on any atom is -0.385 e. The van der Waals surface area contributed by atoms with Gasteiger partial charge in [-0.05, 0) is 44.1 Å². The molecule has 1 rings (SSSR count). The smallest absolute Gasteiger partial charge is 0.0879 e. The predicted molar refractivity (Wildman–Crippen MR) is 51.9 cm³/mol. The Balaban J connectivity index is 2.47. The van der Waals surface area contributed by atoms with E-state index in [1.165, 1.54) is 0 Å². The highest BCUT2D eigenvalue weighted by Gasteiger charge is 2.44. The van der Waals surface area contributed by atoms with Crippen molar-refractivity contribution in [1.29, 1.82) is 0 Å². The Hall–Kier alpha value is -0.560. The number of hydrogen-bond donors (Lipinski definition) is 1. The van der Waals surface area contributed by atoms with Gasteiger partial charge in [0, 0.05) is 0 Å². The van der Waals surface area contributed by atoms with Crippen LogP contribution in [0.1, 0.15) is 32.6 Å². The molecule has 0 heterocycles. The third-order valence-corrected chi connectivity index (χ3v) is 3.01. The number of rotatable bonds is 4. The number of allylic oxidation sites excluding steroid dienone is 1. The highest BCUT2D eigenvalue weighted by molar-refractivity contribution is 5.17. The third kappa shape index (κ3) is 1.46. The maximum absolute atomic E-state index is 10.0. The van der Waals surface area contributed by atoms with Gasteiger partial charge in [0.2, 0.25) is 0 Å². The fourth-order valence-electron chi connectivity index (χ4n) is 1.89. The van der Waals surface area contributed by atoms with Gasteiger partial charge in [0.25, 0.3) is 0 Å². The number of hydrogen-bond acceptors (Lipinski definition) is 1. The molecular formula is C11H18O. The highest BCUT2D eigenvalue weighted by Crippen LogP contribution is 2.45. The van der Waals surface area contributed by atoms with Crippen molar-refractivity contribution in [1.82, 2.24) is 0 Å². The molecule has 2 unspecified atom stereocenters. The summed E-state index contributed by atoms with van der Waals surface area (Å²) in [5, 5.41) is 10.0. The van der Waals surface area contributed by atoms with E-state index in [1.807, 2.05) is 13.0 Å². The molecule has 1 nitrogen and oxygen atoms in total. The van der Waals surface area contributed by atoms with Gasteiger partial charge in [-0.25, -0.2) is 0 Å². The van der Waals surface area contributed by atoms with Crippen molar-refractivity contribution in [3.63, 3.8) is 0 Å². The van der Waals surface area contributed by atoms with Gasteiger partial charge in [-0.3, -0.25) is 0 Å². The second kappa shape index (κ2) is 3.44. The highest BCUT2D eigenvalue weighted by atomic mass is 16.3. The van der Waals surface area contributed by atoms with Gasteiger partial charge in [-0.15, -0.1) is 6.58 Å². The van der Waals surface area contributed by atoms with Gasteiger partial charge in [-0.2, -0.15) is 0 Å². The molecule has 2 atom stereocenters. The summed E-state index contributed by atoms with van der Waals surface area (Å²) in [7, 11) is 0. The average Bonchev–Trinajstić information content (AvgIpc) is 2.01. The van der Waals surface area contributed by atoms with E-state index < -0.39 is 5.60 Å². The maximum Gasteiger partial charge on any atom is 0.0879 e. The molecule has 1 heteroatoms. The van der Waals surface area contributed by atoms with Crippen molar-refractivity contribution < 1.29 is 5.11 Å². The lowest BCUT2D eigenvalue weighted by molar-refractivity contribution is -0.0641. The Morgan fingerprint density at radius 3 is 2.75 bits per heavy atom. The van der Waals surface area contributed by atoms with Gasteiger partial charge in [0.05, 0.1) is 5.60 Å². The summed E-state index contributed by atoms with van der Waals surface area (Å²) in [5.74, 6) is 0.424. The molecule has 68 valence electrons. The molecule has 12 heavy (non-hydrogen) atoms. The van der Waals surface area contributed by atoms with Crippen molar-refractivity contribution in [3.05, 3.63) is 24.8 Å². The first-order chi connectivity index (χ1) is 5.61. The van der Waals surface area contributed by atoms with Crippen LogP contribution < -0.4 is 0 Å². The minimum atomic E-state index is -0.553. The van der Waals surface area contributed by atoms with Gasteiger partial charge >= 0.3 is 0 Å². The summed E-state index contributed by atoms with van der Waals surface area (Å²) in [6.45, 7) is 9.43. The van der Waals surface area contributed by atoms with Gasteiger partial charge < -0.3 is 5.11 Å². The van der Waals surface area contributed by atoms with Crippen molar-refractivity contribution in [2.75, 3.05) is 0 Å². The molecule has 1 fully saturated rings. The number of aliphatic hydroxyl groups is 1. The van der Waals surface area contributed by atoms with Crippen LogP contribution in [0.4, 0.5) is 0 Å². The van der Waals surface area contributed by atoms with Crippen LogP contribution in [0.2, 0.25) is 0 Å². The van der Waals surface area contributed by atoms with Crippen LogP contribution in [0.15, 0.2) is 24.8 Å². The van der Waals surface area contributed by atoms with E-state index >= 15 is 0 Å². The van der Waals surface area contributed by atoms with Crippen molar-refractivity contribution in [2.45, 2.75) is 38.2 Å². The Bertz CT molecular complexity index is 195. The lowest BCUT2D eigenvalue weighted by Crippen LogP contribution is -2.47. The molecule has 0 bridgehead atoms. The van der Waals surface area contributed by atoms with Gasteiger partial charge in [0.1, 0.15) is 0 Å². The molecule has 0 aromatic rings. The Morgan fingerprint density at radius 1 is 1.75 bits per heavy atom. The average molecular weight is 166 g/mol. The largest absolute Gasteiger partial charge is 0.385 e.